The Labute approximate surface area is 126 Å². The SMILES string of the molecule is CCCCC(=O)N(CCC(=O)O)c1ccc(N(C)C)cc1. The van der Waals surface area contributed by atoms with Crippen molar-refractivity contribution < 1.29 is 14.7 Å². The molecule has 0 saturated carbocycles. The normalized spacial score (nSPS) is 10.2. The molecule has 0 aliphatic heterocycles. The van der Waals surface area contributed by atoms with Gasteiger partial charge in [-0.15, -0.1) is 0 Å². The average Bonchev–Trinajstić information content (AvgIpc) is 2.45. The largest absolute Gasteiger partial charge is 0.481 e. The monoisotopic (exact) mass is 292 g/mol. The van der Waals surface area contributed by atoms with Crippen LogP contribution in [0.4, 0.5) is 11.4 Å². The Balaban J connectivity index is 2.88. The molecule has 0 fully saturated rings. The van der Waals surface area contributed by atoms with Crippen LogP contribution >= 0.6 is 0 Å². The Bertz CT molecular complexity index is 469. The van der Waals surface area contributed by atoms with Gasteiger partial charge in [0.05, 0.1) is 6.42 Å². The third-order valence-electron chi connectivity index (χ3n) is 3.27. The van der Waals surface area contributed by atoms with Crippen molar-refractivity contribution in [3.63, 3.8) is 0 Å². The lowest BCUT2D eigenvalue weighted by Crippen LogP contribution is -2.32. The third-order valence-corrected chi connectivity index (χ3v) is 3.27. The minimum atomic E-state index is -0.895. The summed E-state index contributed by atoms with van der Waals surface area (Å²) in [5, 5.41) is 8.84. The van der Waals surface area contributed by atoms with E-state index in [1.165, 1.54) is 0 Å². The van der Waals surface area contributed by atoms with E-state index < -0.39 is 5.97 Å². The number of carboxylic acids is 1. The van der Waals surface area contributed by atoms with Crippen LogP contribution in [0.15, 0.2) is 24.3 Å². The zero-order valence-corrected chi connectivity index (χ0v) is 13.0. The van der Waals surface area contributed by atoms with Gasteiger partial charge in [0.15, 0.2) is 0 Å². The van der Waals surface area contributed by atoms with Gasteiger partial charge in [0.2, 0.25) is 5.91 Å². The van der Waals surface area contributed by atoms with Crippen molar-refractivity contribution in [1.29, 1.82) is 0 Å². The molecule has 0 atom stereocenters. The Morgan fingerprint density at radius 3 is 2.10 bits per heavy atom. The molecule has 0 aliphatic rings. The summed E-state index contributed by atoms with van der Waals surface area (Å²) in [6.45, 7) is 2.24. The van der Waals surface area contributed by atoms with E-state index in [1.807, 2.05) is 50.2 Å². The van der Waals surface area contributed by atoms with Crippen LogP contribution in [-0.2, 0) is 9.59 Å². The van der Waals surface area contributed by atoms with Crippen molar-refractivity contribution in [2.24, 2.45) is 0 Å². The third kappa shape index (κ3) is 5.45. The molecule has 1 aromatic carbocycles. The van der Waals surface area contributed by atoms with Gasteiger partial charge in [-0.3, -0.25) is 9.59 Å². The quantitative estimate of drug-likeness (QED) is 0.800. The first-order chi connectivity index (χ1) is 9.95. The fourth-order valence-electron chi connectivity index (χ4n) is 2.00. The number of benzene rings is 1. The molecule has 0 saturated heterocycles. The predicted octanol–water partition coefficient (Wildman–Crippen LogP) is 2.75. The average molecular weight is 292 g/mol. The van der Waals surface area contributed by atoms with Crippen LogP contribution in [0.25, 0.3) is 0 Å². The number of hydrogen-bond acceptors (Lipinski definition) is 3. The number of carbonyl (C=O) groups excluding carboxylic acids is 1. The number of rotatable bonds is 8. The second-order valence-corrected chi connectivity index (χ2v) is 5.20. The molecule has 0 radical (unpaired) electrons. The zero-order chi connectivity index (χ0) is 15.8. The number of aliphatic carboxylic acids is 1. The number of nitrogens with zero attached hydrogens (tertiary/aromatic N) is 2. The highest BCUT2D eigenvalue weighted by Crippen LogP contribution is 2.21. The van der Waals surface area contributed by atoms with Gasteiger partial charge in [-0.2, -0.15) is 0 Å². The molecular formula is C16H24N2O3. The van der Waals surface area contributed by atoms with E-state index in [1.54, 1.807) is 4.90 Å². The first-order valence-electron chi connectivity index (χ1n) is 7.25. The van der Waals surface area contributed by atoms with Crippen molar-refractivity contribution in [1.82, 2.24) is 0 Å². The number of hydrogen-bond donors (Lipinski definition) is 1. The fraction of sp³-hybridized carbons (Fsp3) is 0.500. The van der Waals surface area contributed by atoms with Crippen molar-refractivity contribution in [3.05, 3.63) is 24.3 Å². The summed E-state index contributed by atoms with van der Waals surface area (Å²) in [6.07, 6.45) is 2.16. The molecule has 5 heteroatoms. The molecule has 1 rings (SSSR count). The molecule has 0 unspecified atom stereocenters. The van der Waals surface area contributed by atoms with Gasteiger partial charge in [-0.1, -0.05) is 13.3 Å². The lowest BCUT2D eigenvalue weighted by atomic mass is 10.2. The maximum atomic E-state index is 12.3. The molecule has 0 bridgehead atoms. The van der Waals surface area contributed by atoms with Crippen molar-refractivity contribution in [2.75, 3.05) is 30.4 Å². The highest BCUT2D eigenvalue weighted by molar-refractivity contribution is 5.94. The highest BCUT2D eigenvalue weighted by atomic mass is 16.4. The molecule has 0 aromatic heterocycles. The molecular weight excluding hydrogens is 268 g/mol. The van der Waals surface area contributed by atoms with Gasteiger partial charge in [-0.05, 0) is 30.7 Å². The molecule has 5 nitrogen and oxygen atoms in total. The molecule has 1 amide bonds. The smallest absolute Gasteiger partial charge is 0.305 e. The van der Waals surface area contributed by atoms with Crippen molar-refractivity contribution >= 4 is 23.3 Å². The van der Waals surface area contributed by atoms with Gasteiger partial charge in [0.25, 0.3) is 0 Å². The van der Waals surface area contributed by atoms with Gasteiger partial charge in [0.1, 0.15) is 0 Å². The standard InChI is InChI=1S/C16H24N2O3/c1-4-5-6-15(19)18(12-11-16(20)21)14-9-7-13(8-10-14)17(2)3/h7-10H,4-6,11-12H2,1-3H3,(H,20,21). The molecule has 21 heavy (non-hydrogen) atoms. The molecule has 0 spiro atoms. The van der Waals surface area contributed by atoms with E-state index in [4.69, 9.17) is 5.11 Å². The van der Waals surface area contributed by atoms with Crippen LogP contribution in [0, 0.1) is 0 Å². The summed E-state index contributed by atoms with van der Waals surface area (Å²) in [4.78, 5) is 26.6. The van der Waals surface area contributed by atoms with Gasteiger partial charge >= 0.3 is 5.97 Å². The second kappa shape index (κ2) is 8.29. The number of carboxylic acid groups (broad SMARTS) is 1. The van der Waals surface area contributed by atoms with Crippen molar-refractivity contribution in [2.45, 2.75) is 32.6 Å². The first-order valence-corrected chi connectivity index (χ1v) is 7.25. The lowest BCUT2D eigenvalue weighted by molar-refractivity contribution is -0.136. The molecule has 1 N–H and O–H groups in total. The van der Waals surface area contributed by atoms with Crippen LogP contribution in [0.1, 0.15) is 32.6 Å². The van der Waals surface area contributed by atoms with Crippen LogP contribution in [0.5, 0.6) is 0 Å². The van der Waals surface area contributed by atoms with Gasteiger partial charge in [-0.25, -0.2) is 0 Å². The topological polar surface area (TPSA) is 60.9 Å². The molecule has 1 aromatic rings. The van der Waals surface area contributed by atoms with Crippen molar-refractivity contribution in [3.8, 4) is 0 Å². The Hall–Kier alpha value is -2.04. The summed E-state index contributed by atoms with van der Waals surface area (Å²) >= 11 is 0. The molecule has 0 aliphatic carbocycles. The van der Waals surface area contributed by atoms with Gasteiger partial charge in [0, 0.05) is 38.4 Å². The minimum absolute atomic E-state index is 0.0179. The number of unbranched alkanes of at least 4 members (excludes halogenated alkanes) is 1. The van der Waals surface area contributed by atoms with Crippen LogP contribution < -0.4 is 9.80 Å². The second-order valence-electron chi connectivity index (χ2n) is 5.20. The fourth-order valence-corrected chi connectivity index (χ4v) is 2.00. The first kappa shape index (κ1) is 17.0. The van der Waals surface area contributed by atoms with Crippen LogP contribution in [0.2, 0.25) is 0 Å². The Morgan fingerprint density at radius 2 is 1.62 bits per heavy atom. The lowest BCUT2D eigenvalue weighted by Gasteiger charge is -2.23. The molecule has 116 valence electrons. The summed E-state index contributed by atoms with van der Waals surface area (Å²) in [6, 6.07) is 7.58. The van der Waals surface area contributed by atoms with E-state index in [0.29, 0.717) is 6.42 Å². The number of anilines is 2. The zero-order valence-electron chi connectivity index (χ0n) is 13.0. The van der Waals surface area contributed by atoms with Crippen LogP contribution in [-0.4, -0.2) is 37.6 Å². The maximum absolute atomic E-state index is 12.3. The number of amides is 1. The maximum Gasteiger partial charge on any atom is 0.305 e. The van der Waals surface area contributed by atoms with E-state index in [-0.39, 0.29) is 18.9 Å². The highest BCUT2D eigenvalue weighted by Gasteiger charge is 2.16. The number of carbonyl (C=O) groups is 2. The van der Waals surface area contributed by atoms with E-state index in [2.05, 4.69) is 0 Å². The predicted molar refractivity (Wildman–Crippen MR) is 84.9 cm³/mol. The summed E-state index contributed by atoms with van der Waals surface area (Å²) in [5.41, 5.74) is 1.79. The summed E-state index contributed by atoms with van der Waals surface area (Å²) < 4.78 is 0. The molecule has 0 heterocycles. The van der Waals surface area contributed by atoms with E-state index in [0.717, 1.165) is 24.2 Å². The van der Waals surface area contributed by atoms with Gasteiger partial charge < -0.3 is 14.9 Å². The summed E-state index contributed by atoms with van der Waals surface area (Å²) in [5.74, 6) is -0.913. The Kier molecular flexibility index (Phi) is 6.72. The van der Waals surface area contributed by atoms with Crippen LogP contribution in [0.3, 0.4) is 0 Å². The van der Waals surface area contributed by atoms with E-state index in [9.17, 15) is 9.59 Å². The summed E-state index contributed by atoms with van der Waals surface area (Å²) in [7, 11) is 3.90. The van der Waals surface area contributed by atoms with E-state index >= 15 is 0 Å². The Morgan fingerprint density at radius 1 is 1.05 bits per heavy atom. The minimum Gasteiger partial charge on any atom is -0.481 e.